The summed E-state index contributed by atoms with van der Waals surface area (Å²) in [6.45, 7) is 2.59. The van der Waals surface area contributed by atoms with Crippen LogP contribution in [0.2, 0.25) is 0 Å². The molecule has 0 saturated heterocycles. The Kier molecular flexibility index (Phi) is 3.28. The summed E-state index contributed by atoms with van der Waals surface area (Å²) in [4.78, 5) is 8.46. The Bertz CT molecular complexity index is 631. The van der Waals surface area contributed by atoms with Crippen molar-refractivity contribution >= 4 is 5.95 Å². The van der Waals surface area contributed by atoms with Crippen LogP contribution < -0.4 is 19.5 Å². The van der Waals surface area contributed by atoms with Gasteiger partial charge < -0.3 is 19.5 Å². The summed E-state index contributed by atoms with van der Waals surface area (Å²) in [6.07, 6.45) is 0. The van der Waals surface area contributed by atoms with Gasteiger partial charge in [0.2, 0.25) is 18.6 Å². The van der Waals surface area contributed by atoms with Crippen LogP contribution in [0.15, 0.2) is 24.3 Å². The van der Waals surface area contributed by atoms with Crippen molar-refractivity contribution in [3.05, 3.63) is 35.5 Å². The fourth-order valence-corrected chi connectivity index (χ4v) is 1.91. The minimum atomic E-state index is 0.274. The Morgan fingerprint density at radius 1 is 1.20 bits per heavy atom. The summed E-state index contributed by atoms with van der Waals surface area (Å²) in [5.74, 6) is 2.61. The molecule has 0 bridgehead atoms. The first-order chi connectivity index (χ1) is 9.74. The van der Waals surface area contributed by atoms with E-state index in [-0.39, 0.29) is 6.79 Å². The maximum atomic E-state index is 5.69. The van der Waals surface area contributed by atoms with Gasteiger partial charge in [-0.2, -0.15) is 4.98 Å². The summed E-state index contributed by atoms with van der Waals surface area (Å²) in [5, 5.41) is 2.90. The highest BCUT2D eigenvalue weighted by molar-refractivity contribution is 5.44. The zero-order valence-electron chi connectivity index (χ0n) is 11.3. The number of nitrogens with zero attached hydrogens (tertiary/aromatic N) is 2. The molecule has 1 aromatic carbocycles. The molecule has 6 heteroatoms. The lowest BCUT2D eigenvalue weighted by molar-refractivity contribution is 0.174. The third kappa shape index (κ3) is 2.59. The highest BCUT2D eigenvalue weighted by Gasteiger charge is 2.13. The molecule has 0 fully saturated rings. The van der Waals surface area contributed by atoms with Crippen LogP contribution in [-0.4, -0.2) is 23.8 Å². The topological polar surface area (TPSA) is 65.5 Å². The molecule has 20 heavy (non-hydrogen) atoms. The van der Waals surface area contributed by atoms with Crippen LogP contribution in [0, 0.1) is 6.92 Å². The van der Waals surface area contributed by atoms with Crippen molar-refractivity contribution in [1.29, 1.82) is 0 Å². The number of rotatable bonds is 4. The maximum Gasteiger partial charge on any atom is 0.231 e. The molecule has 1 aromatic heterocycles. The predicted octanol–water partition coefficient (Wildman–Crippen LogP) is 2.13. The van der Waals surface area contributed by atoms with Gasteiger partial charge in [0.1, 0.15) is 6.61 Å². The molecule has 1 aliphatic rings. The molecule has 0 aliphatic carbocycles. The Morgan fingerprint density at radius 3 is 2.90 bits per heavy atom. The summed E-state index contributed by atoms with van der Waals surface area (Å²) < 4.78 is 16.3. The van der Waals surface area contributed by atoms with E-state index in [1.807, 2.05) is 25.1 Å². The van der Waals surface area contributed by atoms with E-state index in [1.54, 1.807) is 13.1 Å². The van der Waals surface area contributed by atoms with Crippen molar-refractivity contribution in [3.8, 4) is 17.4 Å². The van der Waals surface area contributed by atoms with Crippen molar-refractivity contribution in [1.82, 2.24) is 9.97 Å². The Morgan fingerprint density at radius 2 is 2.05 bits per heavy atom. The van der Waals surface area contributed by atoms with Gasteiger partial charge in [-0.3, -0.25) is 0 Å². The second-order valence-corrected chi connectivity index (χ2v) is 4.40. The number of hydrogen-bond donors (Lipinski definition) is 1. The minimum absolute atomic E-state index is 0.274. The first-order valence-corrected chi connectivity index (χ1v) is 6.29. The molecule has 0 unspecified atom stereocenters. The van der Waals surface area contributed by atoms with Crippen LogP contribution in [0.3, 0.4) is 0 Å². The average Bonchev–Trinajstić information content (AvgIpc) is 2.92. The van der Waals surface area contributed by atoms with E-state index >= 15 is 0 Å². The number of ether oxygens (including phenoxy) is 3. The normalized spacial score (nSPS) is 12.3. The minimum Gasteiger partial charge on any atom is -0.473 e. The summed E-state index contributed by atoms with van der Waals surface area (Å²) >= 11 is 0. The van der Waals surface area contributed by atoms with Gasteiger partial charge >= 0.3 is 0 Å². The maximum absolute atomic E-state index is 5.69. The molecule has 0 atom stereocenters. The fraction of sp³-hybridized carbons (Fsp3) is 0.286. The van der Waals surface area contributed by atoms with Gasteiger partial charge in [0.25, 0.3) is 0 Å². The SMILES string of the molecule is CNc1nc(C)cc(OCc2ccc3c(c2)OCO3)n1. The first-order valence-electron chi connectivity index (χ1n) is 6.29. The van der Waals surface area contributed by atoms with E-state index in [0.29, 0.717) is 18.4 Å². The quantitative estimate of drug-likeness (QED) is 0.920. The van der Waals surface area contributed by atoms with Gasteiger partial charge in [-0.1, -0.05) is 6.07 Å². The highest BCUT2D eigenvalue weighted by atomic mass is 16.7. The summed E-state index contributed by atoms with van der Waals surface area (Å²) in [6, 6.07) is 7.54. The molecule has 0 radical (unpaired) electrons. The van der Waals surface area contributed by atoms with E-state index in [2.05, 4.69) is 15.3 Å². The lowest BCUT2D eigenvalue weighted by Gasteiger charge is -2.08. The second-order valence-electron chi connectivity index (χ2n) is 4.40. The molecular formula is C14H15N3O3. The van der Waals surface area contributed by atoms with Gasteiger partial charge in [-0.15, -0.1) is 0 Å². The Balaban J connectivity index is 1.71. The Hall–Kier alpha value is -2.50. The molecule has 0 saturated carbocycles. The standard InChI is InChI=1S/C14H15N3O3/c1-9-5-13(17-14(15-2)16-9)18-7-10-3-4-11-12(6-10)20-8-19-11/h3-6H,7-8H2,1-2H3,(H,15,16,17). The summed E-state index contributed by atoms with van der Waals surface area (Å²) in [5.41, 5.74) is 1.85. The largest absolute Gasteiger partial charge is 0.473 e. The summed E-state index contributed by atoms with van der Waals surface area (Å²) in [7, 11) is 1.77. The molecule has 1 aliphatic heterocycles. The first kappa shape index (κ1) is 12.5. The van der Waals surface area contributed by atoms with Crippen LogP contribution >= 0.6 is 0 Å². The molecule has 3 rings (SSSR count). The molecule has 0 spiro atoms. The smallest absolute Gasteiger partial charge is 0.231 e. The number of nitrogens with one attached hydrogen (secondary N) is 1. The number of fused-ring (bicyclic) bond motifs is 1. The van der Waals surface area contributed by atoms with E-state index in [0.717, 1.165) is 22.8 Å². The van der Waals surface area contributed by atoms with E-state index in [4.69, 9.17) is 14.2 Å². The van der Waals surface area contributed by atoms with Gasteiger partial charge in [0, 0.05) is 18.8 Å². The molecule has 0 amide bonds. The third-order valence-corrected chi connectivity index (χ3v) is 2.88. The molecule has 6 nitrogen and oxygen atoms in total. The lowest BCUT2D eigenvalue weighted by atomic mass is 10.2. The van der Waals surface area contributed by atoms with Gasteiger partial charge in [-0.05, 0) is 24.6 Å². The molecule has 104 valence electrons. The number of benzene rings is 1. The van der Waals surface area contributed by atoms with E-state index < -0.39 is 0 Å². The molecule has 2 aromatic rings. The second kappa shape index (κ2) is 5.24. The van der Waals surface area contributed by atoms with Gasteiger partial charge in [0.05, 0.1) is 0 Å². The number of anilines is 1. The van der Waals surface area contributed by atoms with Crippen molar-refractivity contribution < 1.29 is 14.2 Å². The van der Waals surface area contributed by atoms with Crippen LogP contribution in [-0.2, 0) is 6.61 Å². The molecule has 1 N–H and O–H groups in total. The van der Waals surface area contributed by atoms with Crippen molar-refractivity contribution in [2.45, 2.75) is 13.5 Å². The fourth-order valence-electron chi connectivity index (χ4n) is 1.91. The van der Waals surface area contributed by atoms with Crippen LogP contribution in [0.1, 0.15) is 11.3 Å². The lowest BCUT2D eigenvalue weighted by Crippen LogP contribution is -2.02. The van der Waals surface area contributed by atoms with Crippen LogP contribution in [0.5, 0.6) is 17.4 Å². The number of aryl methyl sites for hydroxylation is 1. The third-order valence-electron chi connectivity index (χ3n) is 2.88. The van der Waals surface area contributed by atoms with Gasteiger partial charge in [-0.25, -0.2) is 4.98 Å². The van der Waals surface area contributed by atoms with Crippen molar-refractivity contribution in [2.24, 2.45) is 0 Å². The van der Waals surface area contributed by atoms with Crippen LogP contribution in [0.25, 0.3) is 0 Å². The van der Waals surface area contributed by atoms with Crippen molar-refractivity contribution in [2.75, 3.05) is 19.2 Å². The number of hydrogen-bond acceptors (Lipinski definition) is 6. The van der Waals surface area contributed by atoms with Crippen molar-refractivity contribution in [3.63, 3.8) is 0 Å². The monoisotopic (exact) mass is 273 g/mol. The number of aromatic nitrogens is 2. The van der Waals surface area contributed by atoms with Crippen LogP contribution in [0.4, 0.5) is 5.95 Å². The zero-order chi connectivity index (χ0) is 13.9. The zero-order valence-corrected chi connectivity index (χ0v) is 11.3. The Labute approximate surface area is 116 Å². The highest BCUT2D eigenvalue weighted by Crippen LogP contribution is 2.32. The van der Waals surface area contributed by atoms with E-state index in [1.165, 1.54) is 0 Å². The predicted molar refractivity (Wildman–Crippen MR) is 73.2 cm³/mol. The molecule has 2 heterocycles. The van der Waals surface area contributed by atoms with Gasteiger partial charge in [0.15, 0.2) is 11.5 Å². The average molecular weight is 273 g/mol. The molecular weight excluding hydrogens is 258 g/mol. The van der Waals surface area contributed by atoms with E-state index in [9.17, 15) is 0 Å².